The number of aromatic nitrogens is 1. The van der Waals surface area contributed by atoms with Crippen LogP contribution in [0.4, 0.5) is 4.39 Å². The molecule has 3 heteroatoms. The van der Waals surface area contributed by atoms with Crippen molar-refractivity contribution in [3.05, 3.63) is 65.6 Å². The lowest BCUT2D eigenvalue weighted by molar-refractivity contribution is 0.481. The molecule has 0 aliphatic heterocycles. The predicted octanol–water partition coefficient (Wildman–Crippen LogP) is 3.60. The molecule has 3 rings (SSSR count). The topological polar surface area (TPSA) is 36.0 Å². The minimum absolute atomic E-state index is 0.219. The quantitative estimate of drug-likeness (QED) is 0.706. The lowest BCUT2D eigenvalue weighted by Gasteiger charge is -2.05. The molecular weight excluding hydrogens is 229 g/mol. The summed E-state index contributed by atoms with van der Waals surface area (Å²) in [7, 11) is 0. The molecule has 0 atom stereocenters. The molecule has 0 saturated carbocycles. The number of hydrogen-bond acceptors (Lipinski definition) is 1. The maximum Gasteiger partial charge on any atom is 0.126 e. The van der Waals surface area contributed by atoms with Crippen LogP contribution in [-0.4, -0.2) is 10.1 Å². The Morgan fingerprint density at radius 1 is 1.11 bits per heavy atom. The molecule has 2 nitrogen and oxygen atoms in total. The van der Waals surface area contributed by atoms with Crippen molar-refractivity contribution >= 4 is 10.9 Å². The molecular formula is C15H12FNO. The molecule has 3 aromatic rings. The second-order valence-corrected chi connectivity index (χ2v) is 4.32. The van der Waals surface area contributed by atoms with Crippen molar-refractivity contribution < 1.29 is 9.50 Å². The normalized spacial score (nSPS) is 10.9. The van der Waals surface area contributed by atoms with Gasteiger partial charge in [0.15, 0.2) is 0 Å². The largest absolute Gasteiger partial charge is 0.507 e. The van der Waals surface area contributed by atoms with Crippen LogP contribution < -0.4 is 0 Å². The van der Waals surface area contributed by atoms with E-state index in [0.29, 0.717) is 12.0 Å². The van der Waals surface area contributed by atoms with E-state index in [2.05, 4.69) is 4.98 Å². The third-order valence-corrected chi connectivity index (χ3v) is 3.06. The van der Waals surface area contributed by atoms with Gasteiger partial charge in [-0.25, -0.2) is 4.39 Å². The van der Waals surface area contributed by atoms with Gasteiger partial charge >= 0.3 is 0 Å². The zero-order valence-corrected chi connectivity index (χ0v) is 9.65. The molecule has 0 spiro atoms. The highest BCUT2D eigenvalue weighted by Crippen LogP contribution is 2.27. The van der Waals surface area contributed by atoms with Crippen LogP contribution in [0.3, 0.4) is 0 Å². The SMILES string of the molecule is Oc1cc(Cc2ccccc2F)cc2[nH]ccc12. The highest BCUT2D eigenvalue weighted by molar-refractivity contribution is 5.86. The van der Waals surface area contributed by atoms with Crippen LogP contribution >= 0.6 is 0 Å². The number of benzene rings is 2. The van der Waals surface area contributed by atoms with E-state index in [-0.39, 0.29) is 11.6 Å². The molecule has 0 saturated heterocycles. The van der Waals surface area contributed by atoms with Crippen molar-refractivity contribution in [3.63, 3.8) is 0 Å². The lowest BCUT2D eigenvalue weighted by Crippen LogP contribution is -1.92. The highest BCUT2D eigenvalue weighted by atomic mass is 19.1. The zero-order chi connectivity index (χ0) is 12.5. The van der Waals surface area contributed by atoms with E-state index in [1.807, 2.05) is 18.2 Å². The molecule has 90 valence electrons. The fraction of sp³-hybridized carbons (Fsp3) is 0.0667. The fourth-order valence-electron chi connectivity index (χ4n) is 2.17. The maximum atomic E-state index is 13.6. The van der Waals surface area contributed by atoms with Crippen molar-refractivity contribution in [1.82, 2.24) is 4.98 Å². The Morgan fingerprint density at radius 2 is 1.94 bits per heavy atom. The van der Waals surface area contributed by atoms with E-state index in [4.69, 9.17) is 0 Å². The minimum Gasteiger partial charge on any atom is -0.507 e. The zero-order valence-electron chi connectivity index (χ0n) is 9.65. The fourth-order valence-corrected chi connectivity index (χ4v) is 2.17. The predicted molar refractivity (Wildman–Crippen MR) is 69.2 cm³/mol. The Balaban J connectivity index is 2.02. The van der Waals surface area contributed by atoms with Gasteiger partial charge in [0.25, 0.3) is 0 Å². The van der Waals surface area contributed by atoms with Crippen molar-refractivity contribution in [1.29, 1.82) is 0 Å². The van der Waals surface area contributed by atoms with Crippen LogP contribution in [0.25, 0.3) is 10.9 Å². The van der Waals surface area contributed by atoms with Gasteiger partial charge in [-0.15, -0.1) is 0 Å². The van der Waals surface area contributed by atoms with Gasteiger partial charge in [-0.1, -0.05) is 18.2 Å². The second kappa shape index (κ2) is 4.18. The Kier molecular flexibility index (Phi) is 2.52. The van der Waals surface area contributed by atoms with Crippen molar-refractivity contribution in [2.24, 2.45) is 0 Å². The maximum absolute atomic E-state index is 13.6. The van der Waals surface area contributed by atoms with Crippen LogP contribution in [0, 0.1) is 5.82 Å². The van der Waals surface area contributed by atoms with Gasteiger partial charge in [0.1, 0.15) is 11.6 Å². The van der Waals surface area contributed by atoms with E-state index in [9.17, 15) is 9.50 Å². The van der Waals surface area contributed by atoms with Gasteiger partial charge < -0.3 is 10.1 Å². The van der Waals surface area contributed by atoms with Crippen LogP contribution in [0.1, 0.15) is 11.1 Å². The molecule has 2 aromatic carbocycles. The summed E-state index contributed by atoms with van der Waals surface area (Å²) < 4.78 is 13.6. The lowest BCUT2D eigenvalue weighted by atomic mass is 10.0. The molecule has 0 aliphatic rings. The Hall–Kier alpha value is -2.29. The molecule has 18 heavy (non-hydrogen) atoms. The molecule has 2 N–H and O–H groups in total. The van der Waals surface area contributed by atoms with Gasteiger partial charge in [-0.05, 0) is 35.4 Å². The number of nitrogens with one attached hydrogen (secondary N) is 1. The first-order chi connectivity index (χ1) is 8.74. The number of rotatable bonds is 2. The summed E-state index contributed by atoms with van der Waals surface area (Å²) in [6.07, 6.45) is 2.24. The van der Waals surface area contributed by atoms with Crippen molar-refractivity contribution in [2.75, 3.05) is 0 Å². The molecule has 0 radical (unpaired) electrons. The van der Waals surface area contributed by atoms with Crippen LogP contribution in [-0.2, 0) is 6.42 Å². The number of fused-ring (bicyclic) bond motifs is 1. The summed E-state index contributed by atoms with van der Waals surface area (Å²) in [5.41, 5.74) is 2.37. The number of phenols is 1. The molecule has 0 amide bonds. The molecule has 0 fully saturated rings. The number of phenolic OH excluding ortho intramolecular Hbond substituents is 1. The van der Waals surface area contributed by atoms with Crippen LogP contribution in [0.15, 0.2) is 48.7 Å². The van der Waals surface area contributed by atoms with E-state index in [0.717, 1.165) is 16.5 Å². The Morgan fingerprint density at radius 3 is 2.78 bits per heavy atom. The number of hydrogen-bond donors (Lipinski definition) is 2. The minimum atomic E-state index is -0.219. The Labute approximate surface area is 104 Å². The standard InChI is InChI=1S/C15H12FNO/c16-13-4-2-1-3-11(13)7-10-8-14-12(5-6-17-14)15(18)9-10/h1-6,8-9,17-18H,7H2. The van der Waals surface area contributed by atoms with Crippen molar-refractivity contribution in [2.45, 2.75) is 6.42 Å². The average molecular weight is 241 g/mol. The average Bonchev–Trinajstić information content (AvgIpc) is 2.81. The van der Waals surface area contributed by atoms with Gasteiger partial charge in [0.05, 0.1) is 0 Å². The molecule has 0 unspecified atom stereocenters. The first-order valence-corrected chi connectivity index (χ1v) is 5.76. The monoisotopic (exact) mass is 241 g/mol. The first-order valence-electron chi connectivity index (χ1n) is 5.76. The Bertz CT molecular complexity index is 703. The molecule has 0 aliphatic carbocycles. The number of halogens is 1. The molecule has 0 bridgehead atoms. The number of aromatic amines is 1. The highest BCUT2D eigenvalue weighted by Gasteiger charge is 2.07. The van der Waals surface area contributed by atoms with Gasteiger partial charge in [-0.2, -0.15) is 0 Å². The van der Waals surface area contributed by atoms with Gasteiger partial charge in [-0.3, -0.25) is 0 Å². The van der Waals surface area contributed by atoms with Crippen LogP contribution in [0.5, 0.6) is 5.75 Å². The van der Waals surface area contributed by atoms with Gasteiger partial charge in [0, 0.05) is 23.5 Å². The number of H-pyrrole nitrogens is 1. The molecule has 1 heterocycles. The summed E-state index contributed by atoms with van der Waals surface area (Å²) in [5, 5.41) is 10.7. The smallest absolute Gasteiger partial charge is 0.126 e. The summed E-state index contributed by atoms with van der Waals surface area (Å²) in [6.45, 7) is 0. The second-order valence-electron chi connectivity index (χ2n) is 4.32. The van der Waals surface area contributed by atoms with Crippen LogP contribution in [0.2, 0.25) is 0 Å². The van der Waals surface area contributed by atoms with Gasteiger partial charge in [0.2, 0.25) is 0 Å². The first kappa shape index (κ1) is 10.8. The summed E-state index contributed by atoms with van der Waals surface area (Å²) >= 11 is 0. The van der Waals surface area contributed by atoms with E-state index in [1.165, 1.54) is 6.07 Å². The summed E-state index contributed by atoms with van der Waals surface area (Å²) in [5.74, 6) is 0.00339. The summed E-state index contributed by atoms with van der Waals surface area (Å²) in [6, 6.07) is 12.1. The van der Waals surface area contributed by atoms with E-state index < -0.39 is 0 Å². The van der Waals surface area contributed by atoms with E-state index >= 15 is 0 Å². The molecule has 1 aromatic heterocycles. The number of aromatic hydroxyl groups is 1. The van der Waals surface area contributed by atoms with E-state index in [1.54, 1.807) is 24.4 Å². The summed E-state index contributed by atoms with van der Waals surface area (Å²) in [4.78, 5) is 3.05. The third-order valence-electron chi connectivity index (χ3n) is 3.06. The van der Waals surface area contributed by atoms with Crippen molar-refractivity contribution in [3.8, 4) is 5.75 Å². The third kappa shape index (κ3) is 1.84.